The Balaban J connectivity index is 0.00000208. The van der Waals surface area contributed by atoms with Crippen LogP contribution < -0.4 is 17.0 Å². The lowest BCUT2D eigenvalue weighted by Gasteiger charge is -2.23. The van der Waals surface area contributed by atoms with Gasteiger partial charge in [0.2, 0.25) is 0 Å². The number of benzene rings is 1. The van der Waals surface area contributed by atoms with Crippen LogP contribution in [0.2, 0.25) is 0 Å². The summed E-state index contributed by atoms with van der Waals surface area (Å²) in [5.41, 5.74) is 1.71. The molecule has 2 aliphatic rings. The van der Waals surface area contributed by atoms with E-state index in [0.717, 1.165) is 42.4 Å². The first-order valence-corrected chi connectivity index (χ1v) is 8.77. The maximum absolute atomic E-state index is 12.2. The topological polar surface area (TPSA) is 46.5 Å². The Hall–Kier alpha value is -1.07. The number of para-hydroxylation sites is 1. The van der Waals surface area contributed by atoms with Crippen LogP contribution in [-0.2, 0) is 16.0 Å². The van der Waals surface area contributed by atoms with Gasteiger partial charge < -0.3 is 31.3 Å². The van der Waals surface area contributed by atoms with Gasteiger partial charge >= 0.3 is 5.97 Å². The van der Waals surface area contributed by atoms with Crippen molar-refractivity contribution in [3.8, 4) is 5.75 Å². The van der Waals surface area contributed by atoms with Gasteiger partial charge in [-0.05, 0) is 24.3 Å². The summed E-state index contributed by atoms with van der Waals surface area (Å²) in [6.07, 6.45) is 5.83. The number of aromatic hydroxyl groups is 1. The third-order valence-electron chi connectivity index (χ3n) is 5.33. The zero-order valence-corrected chi connectivity index (χ0v) is 16.2. The zero-order valence-electron chi connectivity index (χ0n) is 14.6. The van der Waals surface area contributed by atoms with Gasteiger partial charge in [-0.15, -0.1) is 0 Å². The van der Waals surface area contributed by atoms with Crippen LogP contribution in [0, 0.1) is 0 Å². The molecule has 24 heavy (non-hydrogen) atoms. The second kappa shape index (κ2) is 7.87. The second-order valence-electron chi connectivity index (χ2n) is 7.76. The van der Waals surface area contributed by atoms with E-state index in [1.54, 1.807) is 0 Å². The number of carbonyl (C=O) groups excluding carboxylic acids is 1. The third-order valence-corrected chi connectivity index (χ3v) is 5.33. The molecule has 1 saturated carbocycles. The van der Waals surface area contributed by atoms with E-state index in [4.69, 9.17) is 4.74 Å². The Labute approximate surface area is 155 Å². The Kier molecular flexibility index (Phi) is 6.32. The molecule has 0 radical (unpaired) electrons. The maximum Gasteiger partial charge on any atom is 0.310 e. The lowest BCUT2D eigenvalue weighted by Crippen LogP contribution is -3.00. The maximum atomic E-state index is 12.2. The molecule has 0 spiro atoms. The molecule has 1 heterocycles. The molecule has 1 aliphatic heterocycles. The summed E-state index contributed by atoms with van der Waals surface area (Å²) in [7, 11) is 4.31. The molecule has 1 aromatic carbocycles. The molecule has 0 aromatic heterocycles. The molecule has 1 saturated heterocycles. The summed E-state index contributed by atoms with van der Waals surface area (Å²) in [6, 6.07) is 5.78. The molecule has 0 bridgehead atoms. The molecular weight excluding hydrogens is 370 g/mol. The zero-order chi connectivity index (χ0) is 16.4. The van der Waals surface area contributed by atoms with E-state index in [-0.39, 0.29) is 35.5 Å². The van der Waals surface area contributed by atoms with Crippen molar-refractivity contribution in [2.75, 3.05) is 27.2 Å². The van der Waals surface area contributed by atoms with E-state index in [1.165, 1.54) is 12.8 Å². The summed E-state index contributed by atoms with van der Waals surface area (Å²) < 4.78 is 6.51. The Morgan fingerprint density at radius 2 is 1.96 bits per heavy atom. The first-order chi connectivity index (χ1) is 10.9. The average Bonchev–Trinajstić information content (AvgIpc) is 3.11. The number of rotatable bonds is 4. The van der Waals surface area contributed by atoms with E-state index in [1.807, 2.05) is 18.2 Å². The number of hydrogen-bond acceptors (Lipinski definition) is 3. The number of likely N-dealkylation sites (tertiary alicyclic amines) is 1. The minimum Gasteiger partial charge on any atom is -1.00 e. The fraction of sp³-hybridized carbons (Fsp3) is 0.632. The van der Waals surface area contributed by atoms with Crippen molar-refractivity contribution in [3.63, 3.8) is 0 Å². The number of ether oxygens (including phenoxy) is 1. The van der Waals surface area contributed by atoms with Gasteiger partial charge in [0.15, 0.2) is 6.10 Å². The lowest BCUT2D eigenvalue weighted by molar-refractivity contribution is -0.879. The van der Waals surface area contributed by atoms with Gasteiger partial charge in [0.1, 0.15) is 12.3 Å². The molecule has 2 fully saturated rings. The van der Waals surface area contributed by atoms with Crippen LogP contribution in [0.3, 0.4) is 0 Å². The highest BCUT2D eigenvalue weighted by molar-refractivity contribution is 5.74. The highest BCUT2D eigenvalue weighted by atomic mass is 79.9. The molecule has 5 heteroatoms. The number of phenols is 1. The number of halogens is 1. The van der Waals surface area contributed by atoms with Crippen LogP contribution in [0.15, 0.2) is 18.2 Å². The number of phenolic OH excluding ortho intramolecular Hbond substituents is 1. The molecule has 1 unspecified atom stereocenters. The smallest absolute Gasteiger partial charge is 0.310 e. The largest absolute Gasteiger partial charge is 1.00 e. The average molecular weight is 398 g/mol. The molecule has 1 N–H and O–H groups in total. The minimum atomic E-state index is -0.226. The van der Waals surface area contributed by atoms with Crippen molar-refractivity contribution in [1.82, 2.24) is 0 Å². The van der Waals surface area contributed by atoms with Crippen LogP contribution >= 0.6 is 0 Å². The molecule has 1 aliphatic carbocycles. The van der Waals surface area contributed by atoms with Gasteiger partial charge in [-0.2, -0.15) is 0 Å². The summed E-state index contributed by atoms with van der Waals surface area (Å²) in [4.78, 5) is 12.2. The van der Waals surface area contributed by atoms with Crippen LogP contribution in [0.25, 0.3) is 0 Å². The van der Waals surface area contributed by atoms with E-state index >= 15 is 0 Å². The Morgan fingerprint density at radius 1 is 1.25 bits per heavy atom. The number of hydrogen-bond donors (Lipinski definition) is 1. The fourth-order valence-electron chi connectivity index (χ4n) is 4.03. The predicted molar refractivity (Wildman–Crippen MR) is 89.4 cm³/mol. The Bertz CT molecular complexity index is 582. The quantitative estimate of drug-likeness (QED) is 0.573. The molecular formula is C19H28BrNO3. The summed E-state index contributed by atoms with van der Waals surface area (Å²) in [5, 5.41) is 10.5. The van der Waals surface area contributed by atoms with Crippen molar-refractivity contribution in [3.05, 3.63) is 29.3 Å². The van der Waals surface area contributed by atoms with E-state index in [9.17, 15) is 9.90 Å². The van der Waals surface area contributed by atoms with Crippen molar-refractivity contribution in [1.29, 1.82) is 0 Å². The highest BCUT2D eigenvalue weighted by Crippen LogP contribution is 2.39. The van der Waals surface area contributed by atoms with Crippen LogP contribution in [-0.4, -0.2) is 48.8 Å². The van der Waals surface area contributed by atoms with E-state index in [2.05, 4.69) is 14.1 Å². The molecule has 4 nitrogen and oxygen atoms in total. The van der Waals surface area contributed by atoms with Gasteiger partial charge in [0.25, 0.3) is 0 Å². The molecule has 1 atom stereocenters. The highest BCUT2D eigenvalue weighted by Gasteiger charge is 2.33. The van der Waals surface area contributed by atoms with Gasteiger partial charge in [0.05, 0.1) is 27.1 Å². The minimum absolute atomic E-state index is 0. The third kappa shape index (κ3) is 4.51. The van der Waals surface area contributed by atoms with Crippen LogP contribution in [0.5, 0.6) is 5.75 Å². The fourth-order valence-corrected chi connectivity index (χ4v) is 4.03. The number of carbonyl (C=O) groups is 1. The van der Waals surface area contributed by atoms with Crippen LogP contribution in [0.4, 0.5) is 0 Å². The second-order valence-corrected chi connectivity index (χ2v) is 7.76. The standard InChI is InChI=1S/C19H27NO3.BrH/c1-20(2)11-10-16(13-20)23-18(21)12-15-8-5-9-17(19(15)22)14-6-3-4-7-14;/h5,8-9,14,16H,3-4,6-7,10-13H2,1-2H3;1H. The monoisotopic (exact) mass is 397 g/mol. The first kappa shape index (κ1) is 19.3. The van der Waals surface area contributed by atoms with Gasteiger partial charge in [0, 0.05) is 12.0 Å². The van der Waals surface area contributed by atoms with E-state index in [0.29, 0.717) is 17.2 Å². The summed E-state index contributed by atoms with van der Waals surface area (Å²) in [6.45, 7) is 1.92. The SMILES string of the molecule is C[N+]1(C)CCC(OC(=O)Cc2cccc(C3CCCC3)c2O)C1.[Br-]. The first-order valence-electron chi connectivity index (χ1n) is 8.77. The van der Waals surface area contributed by atoms with E-state index < -0.39 is 0 Å². The molecule has 3 rings (SSSR count). The normalized spacial score (nSPS) is 23.0. The van der Waals surface area contributed by atoms with Gasteiger partial charge in [-0.25, -0.2) is 0 Å². The number of quaternary nitrogens is 1. The molecule has 0 amide bonds. The number of esters is 1. The summed E-state index contributed by atoms with van der Waals surface area (Å²) in [5.74, 6) is 0.522. The van der Waals surface area contributed by atoms with Crippen molar-refractivity contribution >= 4 is 5.97 Å². The number of likely N-dealkylation sites (N-methyl/N-ethyl adjacent to an activating group) is 1. The summed E-state index contributed by atoms with van der Waals surface area (Å²) >= 11 is 0. The molecule has 1 aromatic rings. The van der Waals surface area contributed by atoms with Gasteiger partial charge in [-0.1, -0.05) is 31.0 Å². The number of nitrogens with zero attached hydrogens (tertiary/aromatic N) is 1. The molecule has 134 valence electrons. The van der Waals surface area contributed by atoms with Crippen LogP contribution in [0.1, 0.15) is 49.1 Å². The van der Waals surface area contributed by atoms with Crippen molar-refractivity contribution in [2.45, 2.75) is 50.5 Å². The Morgan fingerprint density at radius 3 is 2.58 bits per heavy atom. The van der Waals surface area contributed by atoms with Crippen molar-refractivity contribution in [2.24, 2.45) is 0 Å². The van der Waals surface area contributed by atoms with Crippen molar-refractivity contribution < 1.29 is 36.1 Å². The lowest BCUT2D eigenvalue weighted by atomic mass is 9.94. The van der Waals surface area contributed by atoms with Gasteiger partial charge in [-0.3, -0.25) is 4.79 Å². The predicted octanol–water partition coefficient (Wildman–Crippen LogP) is -0.0118.